The third kappa shape index (κ3) is 3.46. The molecule has 0 atom stereocenters. The normalized spacial score (nSPS) is 11.1. The van der Waals surface area contributed by atoms with Gasteiger partial charge in [0, 0.05) is 37.2 Å². The van der Waals surface area contributed by atoms with E-state index in [1.165, 1.54) is 11.3 Å². The van der Waals surface area contributed by atoms with Gasteiger partial charge in [-0.15, -0.1) is 0 Å². The molecule has 4 rings (SSSR count). The molecule has 0 aliphatic heterocycles. The highest BCUT2D eigenvalue weighted by molar-refractivity contribution is 7.19. The zero-order chi connectivity index (χ0) is 19.7. The molecule has 28 heavy (non-hydrogen) atoms. The van der Waals surface area contributed by atoms with Crippen LogP contribution in [-0.4, -0.2) is 30.2 Å². The number of thiazole rings is 1. The highest BCUT2D eigenvalue weighted by atomic mass is 32.1. The molecular formula is C20H20N6OS. The first-order chi connectivity index (χ1) is 13.5. The second-order valence-electron chi connectivity index (χ2n) is 6.65. The van der Waals surface area contributed by atoms with E-state index >= 15 is 0 Å². The maximum Gasteiger partial charge on any atom is 0.277 e. The minimum atomic E-state index is -0.279. The van der Waals surface area contributed by atoms with Crippen LogP contribution >= 0.6 is 11.3 Å². The second kappa shape index (κ2) is 7.40. The van der Waals surface area contributed by atoms with E-state index in [-0.39, 0.29) is 11.9 Å². The largest absolute Gasteiger partial charge is 0.333 e. The number of aromatic nitrogens is 5. The molecule has 0 spiro atoms. The van der Waals surface area contributed by atoms with Gasteiger partial charge in [-0.25, -0.2) is 9.97 Å². The SMILES string of the molecule is CC(C)n1ccc(C(=O)Nc2nc(-c3ccccc3)c(-c3nccn3C)s2)n1. The first-order valence-corrected chi connectivity index (χ1v) is 9.75. The average Bonchev–Trinajstić information content (AvgIpc) is 3.41. The van der Waals surface area contributed by atoms with Crippen LogP contribution in [-0.2, 0) is 7.05 Å². The zero-order valence-electron chi connectivity index (χ0n) is 15.8. The maximum atomic E-state index is 12.6. The van der Waals surface area contributed by atoms with Crippen molar-refractivity contribution in [3.05, 3.63) is 60.7 Å². The quantitative estimate of drug-likeness (QED) is 0.551. The highest BCUT2D eigenvalue weighted by Crippen LogP contribution is 2.38. The van der Waals surface area contributed by atoms with Crippen molar-refractivity contribution in [2.24, 2.45) is 7.05 Å². The van der Waals surface area contributed by atoms with Crippen molar-refractivity contribution in [1.29, 1.82) is 0 Å². The van der Waals surface area contributed by atoms with Crippen molar-refractivity contribution >= 4 is 22.4 Å². The van der Waals surface area contributed by atoms with Crippen molar-refractivity contribution in [3.63, 3.8) is 0 Å². The molecule has 3 heterocycles. The van der Waals surface area contributed by atoms with Crippen LogP contribution in [0.1, 0.15) is 30.4 Å². The average molecular weight is 392 g/mol. The number of hydrogen-bond acceptors (Lipinski definition) is 5. The summed E-state index contributed by atoms with van der Waals surface area (Å²) in [7, 11) is 1.94. The lowest BCUT2D eigenvalue weighted by atomic mass is 10.1. The number of rotatable bonds is 5. The van der Waals surface area contributed by atoms with Gasteiger partial charge in [-0.1, -0.05) is 41.7 Å². The molecule has 0 aliphatic carbocycles. The number of benzene rings is 1. The molecule has 142 valence electrons. The molecule has 0 saturated carbocycles. The van der Waals surface area contributed by atoms with Crippen molar-refractivity contribution in [2.45, 2.75) is 19.9 Å². The summed E-state index contributed by atoms with van der Waals surface area (Å²) in [5, 5.41) is 7.72. The van der Waals surface area contributed by atoms with E-state index in [9.17, 15) is 4.79 Å². The van der Waals surface area contributed by atoms with Gasteiger partial charge in [-0.3, -0.25) is 14.8 Å². The Bertz CT molecular complexity index is 1110. The number of nitrogens with zero attached hydrogens (tertiary/aromatic N) is 5. The van der Waals surface area contributed by atoms with E-state index in [4.69, 9.17) is 0 Å². The number of aryl methyl sites for hydroxylation is 1. The first-order valence-electron chi connectivity index (χ1n) is 8.93. The molecule has 0 radical (unpaired) electrons. The summed E-state index contributed by atoms with van der Waals surface area (Å²) in [6.07, 6.45) is 5.44. The van der Waals surface area contributed by atoms with Crippen molar-refractivity contribution in [1.82, 2.24) is 24.3 Å². The number of carbonyl (C=O) groups is 1. The summed E-state index contributed by atoms with van der Waals surface area (Å²) in [6, 6.07) is 11.8. The van der Waals surface area contributed by atoms with E-state index in [1.807, 2.05) is 62.0 Å². The number of carbonyl (C=O) groups excluding carboxylic acids is 1. The van der Waals surface area contributed by atoms with Gasteiger partial charge in [-0.2, -0.15) is 5.10 Å². The molecule has 7 nitrogen and oxygen atoms in total. The Morgan fingerprint density at radius 1 is 1.14 bits per heavy atom. The Morgan fingerprint density at radius 2 is 1.93 bits per heavy atom. The van der Waals surface area contributed by atoms with Crippen LogP contribution in [0.5, 0.6) is 0 Å². The van der Waals surface area contributed by atoms with E-state index in [0.29, 0.717) is 10.8 Å². The molecule has 0 saturated heterocycles. The van der Waals surface area contributed by atoms with Crippen LogP contribution < -0.4 is 5.32 Å². The summed E-state index contributed by atoms with van der Waals surface area (Å²) >= 11 is 1.40. The Labute approximate surface area is 166 Å². The molecule has 0 aliphatic rings. The molecular weight excluding hydrogens is 372 g/mol. The Hall–Kier alpha value is -3.26. The second-order valence-corrected chi connectivity index (χ2v) is 7.65. The molecule has 0 fully saturated rings. The molecule has 1 N–H and O–H groups in total. The Balaban J connectivity index is 1.69. The first kappa shape index (κ1) is 18.1. The highest BCUT2D eigenvalue weighted by Gasteiger charge is 2.20. The standard InChI is InChI=1S/C20H20N6OS/c1-13(2)26-11-9-15(24-26)19(27)23-20-22-16(14-7-5-4-6-8-14)17(28-20)18-21-10-12-25(18)3/h4-13H,1-3H3,(H,22,23,27). The predicted octanol–water partition coefficient (Wildman–Crippen LogP) is 4.24. The van der Waals surface area contributed by atoms with Crippen LogP contribution in [0.3, 0.4) is 0 Å². The minimum Gasteiger partial charge on any atom is -0.333 e. The summed E-state index contributed by atoms with van der Waals surface area (Å²) in [6.45, 7) is 4.03. The van der Waals surface area contributed by atoms with Gasteiger partial charge in [0.15, 0.2) is 16.6 Å². The molecule has 1 aromatic carbocycles. The Kier molecular flexibility index (Phi) is 4.79. The van der Waals surface area contributed by atoms with Crippen LogP contribution in [0, 0.1) is 0 Å². The van der Waals surface area contributed by atoms with Crippen LogP contribution in [0.4, 0.5) is 5.13 Å². The lowest BCUT2D eigenvalue weighted by molar-refractivity contribution is 0.102. The van der Waals surface area contributed by atoms with Gasteiger partial charge < -0.3 is 4.57 Å². The third-order valence-electron chi connectivity index (χ3n) is 4.29. The number of amides is 1. The minimum absolute atomic E-state index is 0.195. The Morgan fingerprint density at radius 3 is 2.57 bits per heavy atom. The molecule has 1 amide bonds. The number of anilines is 1. The summed E-state index contributed by atoms with van der Waals surface area (Å²) < 4.78 is 3.70. The van der Waals surface area contributed by atoms with Crippen molar-refractivity contribution in [2.75, 3.05) is 5.32 Å². The van der Waals surface area contributed by atoms with E-state index in [2.05, 4.69) is 20.4 Å². The fraction of sp³-hybridized carbons (Fsp3) is 0.200. The smallest absolute Gasteiger partial charge is 0.277 e. The number of hydrogen-bond donors (Lipinski definition) is 1. The fourth-order valence-corrected chi connectivity index (χ4v) is 3.83. The lowest BCUT2D eigenvalue weighted by Crippen LogP contribution is -2.13. The molecule has 0 unspecified atom stereocenters. The van der Waals surface area contributed by atoms with E-state index in [0.717, 1.165) is 22.0 Å². The summed E-state index contributed by atoms with van der Waals surface area (Å²) in [4.78, 5) is 22.7. The van der Waals surface area contributed by atoms with E-state index in [1.54, 1.807) is 23.1 Å². The van der Waals surface area contributed by atoms with Crippen LogP contribution in [0.25, 0.3) is 22.0 Å². The van der Waals surface area contributed by atoms with Crippen molar-refractivity contribution in [3.8, 4) is 22.0 Å². The van der Waals surface area contributed by atoms with Gasteiger partial charge in [0.1, 0.15) is 0 Å². The van der Waals surface area contributed by atoms with Crippen LogP contribution in [0.15, 0.2) is 55.0 Å². The molecule has 8 heteroatoms. The number of imidazole rings is 1. The lowest BCUT2D eigenvalue weighted by Gasteiger charge is -2.03. The van der Waals surface area contributed by atoms with Gasteiger partial charge >= 0.3 is 0 Å². The van der Waals surface area contributed by atoms with Gasteiger partial charge in [0.25, 0.3) is 5.91 Å². The maximum absolute atomic E-state index is 12.6. The van der Waals surface area contributed by atoms with Gasteiger partial charge in [-0.05, 0) is 19.9 Å². The topological polar surface area (TPSA) is 77.6 Å². The zero-order valence-corrected chi connectivity index (χ0v) is 16.6. The predicted molar refractivity (Wildman–Crippen MR) is 110 cm³/mol. The van der Waals surface area contributed by atoms with Crippen molar-refractivity contribution < 1.29 is 4.79 Å². The molecule has 3 aromatic heterocycles. The number of nitrogens with one attached hydrogen (secondary N) is 1. The summed E-state index contributed by atoms with van der Waals surface area (Å²) in [5.74, 6) is 0.528. The van der Waals surface area contributed by atoms with E-state index < -0.39 is 0 Å². The third-order valence-corrected chi connectivity index (χ3v) is 5.26. The molecule has 0 bridgehead atoms. The monoisotopic (exact) mass is 392 g/mol. The van der Waals surface area contributed by atoms with Gasteiger partial charge in [0.05, 0.1) is 10.6 Å². The molecule has 4 aromatic rings. The summed E-state index contributed by atoms with van der Waals surface area (Å²) in [5.41, 5.74) is 2.13. The van der Waals surface area contributed by atoms with Crippen LogP contribution in [0.2, 0.25) is 0 Å². The fourth-order valence-electron chi connectivity index (χ4n) is 2.81. The van der Waals surface area contributed by atoms with Gasteiger partial charge in [0.2, 0.25) is 0 Å².